The van der Waals surface area contributed by atoms with Crippen LogP contribution in [0.2, 0.25) is 0 Å². The van der Waals surface area contributed by atoms with Crippen molar-refractivity contribution in [1.82, 2.24) is 4.98 Å². The van der Waals surface area contributed by atoms with E-state index in [1.165, 1.54) is 10.4 Å². The third-order valence-corrected chi connectivity index (χ3v) is 4.84. The van der Waals surface area contributed by atoms with Gasteiger partial charge in [0.2, 0.25) is 0 Å². The van der Waals surface area contributed by atoms with Gasteiger partial charge >= 0.3 is 0 Å². The van der Waals surface area contributed by atoms with Gasteiger partial charge in [0.1, 0.15) is 5.82 Å². The fraction of sp³-hybridized carbons (Fsp3) is 0.471. The first-order chi connectivity index (χ1) is 10.1. The highest BCUT2D eigenvalue weighted by atomic mass is 32.1. The first-order valence-corrected chi connectivity index (χ1v) is 8.44. The minimum atomic E-state index is 0.203. The van der Waals surface area contributed by atoms with Crippen LogP contribution in [0.1, 0.15) is 30.7 Å². The van der Waals surface area contributed by atoms with E-state index in [9.17, 15) is 0 Å². The molecule has 3 nitrogen and oxygen atoms in total. The number of pyridine rings is 1. The molecule has 0 saturated carbocycles. The van der Waals surface area contributed by atoms with Gasteiger partial charge in [0, 0.05) is 36.6 Å². The Bertz CT molecular complexity index is 539. The topological polar surface area (TPSA) is 42.1 Å². The van der Waals surface area contributed by atoms with Crippen molar-refractivity contribution < 1.29 is 0 Å². The fourth-order valence-corrected chi connectivity index (χ4v) is 3.23. The lowest BCUT2D eigenvalue weighted by atomic mass is 10.0. The molecule has 2 heterocycles. The molecule has 0 amide bonds. The number of thiophene rings is 1. The fourth-order valence-electron chi connectivity index (χ4n) is 2.40. The van der Waals surface area contributed by atoms with Gasteiger partial charge in [0.15, 0.2) is 0 Å². The van der Waals surface area contributed by atoms with Gasteiger partial charge in [0.25, 0.3) is 0 Å². The lowest BCUT2D eigenvalue weighted by molar-refractivity contribution is 0.634. The van der Waals surface area contributed by atoms with E-state index in [0.717, 1.165) is 25.1 Å². The smallest absolute Gasteiger partial charge is 0.131 e. The highest BCUT2D eigenvalue weighted by Crippen LogP contribution is 2.22. The van der Waals surface area contributed by atoms with Gasteiger partial charge < -0.3 is 10.6 Å². The highest BCUT2D eigenvalue weighted by molar-refractivity contribution is 7.09. The lowest BCUT2D eigenvalue weighted by Crippen LogP contribution is -2.33. The first kappa shape index (κ1) is 16.0. The normalized spacial score (nSPS) is 13.9. The molecule has 0 spiro atoms. The Morgan fingerprint density at radius 1 is 1.29 bits per heavy atom. The molecule has 0 aliphatic rings. The van der Waals surface area contributed by atoms with E-state index in [0.29, 0.717) is 6.04 Å². The molecule has 21 heavy (non-hydrogen) atoms. The molecule has 2 N–H and O–H groups in total. The second kappa shape index (κ2) is 7.57. The van der Waals surface area contributed by atoms with Crippen LogP contribution in [0.4, 0.5) is 5.82 Å². The van der Waals surface area contributed by atoms with E-state index in [-0.39, 0.29) is 6.04 Å². The summed E-state index contributed by atoms with van der Waals surface area (Å²) in [5.74, 6) is 1.06. The number of rotatable bonds is 7. The molecule has 4 heteroatoms. The van der Waals surface area contributed by atoms with Crippen molar-refractivity contribution in [1.29, 1.82) is 0 Å². The standard InChI is InChI=1S/C17H25N3S/c1-4-15(18)12-14-7-5-9-19-17(14)20(3)13(2)11-16-8-6-10-21-16/h5-10,13,15H,4,11-12,18H2,1-3H3. The second-order valence-corrected chi connectivity index (χ2v) is 6.63. The number of nitrogens with zero attached hydrogens (tertiary/aromatic N) is 2. The largest absolute Gasteiger partial charge is 0.356 e. The van der Waals surface area contributed by atoms with Crippen molar-refractivity contribution >= 4 is 17.2 Å². The molecule has 0 radical (unpaired) electrons. The number of aromatic nitrogens is 1. The van der Waals surface area contributed by atoms with E-state index in [1.54, 1.807) is 0 Å². The minimum Gasteiger partial charge on any atom is -0.356 e. The number of hydrogen-bond donors (Lipinski definition) is 1. The van der Waals surface area contributed by atoms with Crippen molar-refractivity contribution in [3.05, 3.63) is 46.3 Å². The number of likely N-dealkylation sites (N-methyl/N-ethyl adjacent to an activating group) is 1. The summed E-state index contributed by atoms with van der Waals surface area (Å²) in [5, 5.41) is 2.13. The zero-order valence-corrected chi connectivity index (χ0v) is 13.9. The molecule has 0 aliphatic heterocycles. The molecule has 0 fully saturated rings. The maximum atomic E-state index is 6.12. The third kappa shape index (κ3) is 4.29. The molecule has 0 aliphatic carbocycles. The highest BCUT2D eigenvalue weighted by Gasteiger charge is 2.16. The van der Waals surface area contributed by atoms with Crippen LogP contribution in [-0.2, 0) is 12.8 Å². The van der Waals surface area contributed by atoms with Gasteiger partial charge in [-0.15, -0.1) is 11.3 Å². The Hall–Kier alpha value is -1.39. The Kier molecular flexibility index (Phi) is 5.76. The molecule has 0 bridgehead atoms. The summed E-state index contributed by atoms with van der Waals surface area (Å²) in [6, 6.07) is 9.07. The van der Waals surface area contributed by atoms with Crippen molar-refractivity contribution in [2.24, 2.45) is 5.73 Å². The summed E-state index contributed by atoms with van der Waals surface area (Å²) in [5.41, 5.74) is 7.36. The SMILES string of the molecule is CCC(N)Cc1cccnc1N(C)C(C)Cc1cccs1. The minimum absolute atomic E-state index is 0.203. The maximum Gasteiger partial charge on any atom is 0.131 e. The molecule has 0 aromatic carbocycles. The Morgan fingerprint density at radius 2 is 2.10 bits per heavy atom. The van der Waals surface area contributed by atoms with Crippen LogP contribution in [0, 0.1) is 0 Å². The van der Waals surface area contributed by atoms with Crippen LogP contribution in [0.5, 0.6) is 0 Å². The summed E-state index contributed by atoms with van der Waals surface area (Å²) < 4.78 is 0. The van der Waals surface area contributed by atoms with Crippen LogP contribution in [-0.4, -0.2) is 24.1 Å². The van der Waals surface area contributed by atoms with E-state index < -0.39 is 0 Å². The Labute approximate surface area is 131 Å². The summed E-state index contributed by atoms with van der Waals surface area (Å²) >= 11 is 1.82. The molecule has 114 valence electrons. The van der Waals surface area contributed by atoms with Crippen LogP contribution in [0.25, 0.3) is 0 Å². The molecular formula is C17H25N3S. The summed E-state index contributed by atoms with van der Waals surface area (Å²) in [6.07, 6.45) is 4.78. The molecule has 2 rings (SSSR count). The summed E-state index contributed by atoms with van der Waals surface area (Å²) in [6.45, 7) is 4.38. The zero-order valence-electron chi connectivity index (χ0n) is 13.1. The van der Waals surface area contributed by atoms with Crippen LogP contribution < -0.4 is 10.6 Å². The van der Waals surface area contributed by atoms with E-state index >= 15 is 0 Å². The van der Waals surface area contributed by atoms with E-state index in [4.69, 9.17) is 5.73 Å². The van der Waals surface area contributed by atoms with E-state index in [2.05, 4.69) is 54.4 Å². The van der Waals surface area contributed by atoms with Gasteiger partial charge in [-0.05, 0) is 42.8 Å². The Balaban J connectivity index is 2.12. The molecule has 2 unspecified atom stereocenters. The van der Waals surface area contributed by atoms with Crippen LogP contribution in [0.3, 0.4) is 0 Å². The lowest BCUT2D eigenvalue weighted by Gasteiger charge is -2.28. The predicted molar refractivity (Wildman–Crippen MR) is 92.1 cm³/mol. The number of anilines is 1. The first-order valence-electron chi connectivity index (χ1n) is 7.56. The molecule has 2 aromatic rings. The van der Waals surface area contributed by atoms with Crippen LogP contribution >= 0.6 is 11.3 Å². The number of nitrogens with two attached hydrogens (primary N) is 1. The van der Waals surface area contributed by atoms with Gasteiger partial charge in [-0.25, -0.2) is 4.98 Å². The van der Waals surface area contributed by atoms with Gasteiger partial charge in [-0.3, -0.25) is 0 Å². The monoisotopic (exact) mass is 303 g/mol. The van der Waals surface area contributed by atoms with Crippen LogP contribution in [0.15, 0.2) is 35.8 Å². The quantitative estimate of drug-likeness (QED) is 0.851. The molecule has 2 aromatic heterocycles. The van der Waals surface area contributed by atoms with Gasteiger partial charge in [-0.2, -0.15) is 0 Å². The number of hydrogen-bond acceptors (Lipinski definition) is 4. The summed E-state index contributed by atoms with van der Waals surface area (Å²) in [4.78, 5) is 8.28. The summed E-state index contributed by atoms with van der Waals surface area (Å²) in [7, 11) is 2.13. The maximum absolute atomic E-state index is 6.12. The average molecular weight is 303 g/mol. The molecule has 0 saturated heterocycles. The van der Waals surface area contributed by atoms with Crippen molar-refractivity contribution in [3.63, 3.8) is 0 Å². The van der Waals surface area contributed by atoms with Gasteiger partial charge in [-0.1, -0.05) is 19.1 Å². The zero-order chi connectivity index (χ0) is 15.2. The molecule has 2 atom stereocenters. The van der Waals surface area contributed by atoms with Crippen molar-refractivity contribution in [2.75, 3.05) is 11.9 Å². The second-order valence-electron chi connectivity index (χ2n) is 5.60. The molecular weight excluding hydrogens is 278 g/mol. The van der Waals surface area contributed by atoms with Crippen molar-refractivity contribution in [2.45, 2.75) is 45.2 Å². The van der Waals surface area contributed by atoms with Gasteiger partial charge in [0.05, 0.1) is 0 Å². The predicted octanol–water partition coefficient (Wildman–Crippen LogP) is 3.49. The average Bonchev–Trinajstić information content (AvgIpc) is 2.99. The van der Waals surface area contributed by atoms with E-state index in [1.807, 2.05) is 23.6 Å². The van der Waals surface area contributed by atoms with Crippen molar-refractivity contribution in [3.8, 4) is 0 Å². The third-order valence-electron chi connectivity index (χ3n) is 3.95. The Morgan fingerprint density at radius 3 is 2.76 bits per heavy atom.